The fourth-order valence-electron chi connectivity index (χ4n) is 9.58. The number of nitrogens with zero attached hydrogens (tertiary/aromatic N) is 1. The first-order chi connectivity index (χ1) is 40.6. The van der Waals surface area contributed by atoms with Gasteiger partial charge in [-0.25, -0.2) is 0 Å². The Morgan fingerprint density at radius 3 is 1.31 bits per heavy atom. The molecule has 486 valence electrons. The Balaban J connectivity index is 1.40. The van der Waals surface area contributed by atoms with Crippen LogP contribution < -0.4 is 27.0 Å². The van der Waals surface area contributed by atoms with Crippen LogP contribution in [0.25, 0.3) is 0 Å². The highest BCUT2D eigenvalue weighted by Gasteiger charge is 2.46. The summed E-state index contributed by atoms with van der Waals surface area (Å²) in [4.78, 5) is 81.5. The van der Waals surface area contributed by atoms with Crippen molar-refractivity contribution < 1.29 is 109 Å². The lowest BCUT2D eigenvalue weighted by Crippen LogP contribution is -2.57. The normalized spacial score (nSPS) is 28.4. The molecule has 1 aromatic rings. The summed E-state index contributed by atoms with van der Waals surface area (Å²) in [5.74, 6) is -2.51. The Kier molecular flexibility index (Phi) is 34.1. The lowest BCUT2D eigenvalue weighted by molar-refractivity contribution is -0.205. The molecule has 0 aliphatic carbocycles. The smallest absolute Gasteiger partial charge is 0.245 e. The summed E-state index contributed by atoms with van der Waals surface area (Å²) in [6, 6.07) is 4.18. The third kappa shape index (κ3) is 24.7. The number of phenols is 1. The van der Waals surface area contributed by atoms with Gasteiger partial charge < -0.3 is 112 Å². The first-order valence-corrected chi connectivity index (χ1v) is 32.0. The van der Waals surface area contributed by atoms with Crippen LogP contribution in [0.3, 0.4) is 0 Å². The second kappa shape index (κ2) is 39.3. The van der Waals surface area contributed by atoms with Gasteiger partial charge in [0.15, 0.2) is 0 Å². The highest BCUT2D eigenvalue weighted by atomic mass is 32.2. The van der Waals surface area contributed by atoms with Gasteiger partial charge in [-0.2, -0.15) is 0 Å². The average Bonchev–Trinajstić information content (AvgIpc) is 3.69. The number of benzene rings is 1. The van der Waals surface area contributed by atoms with Crippen molar-refractivity contribution in [1.29, 1.82) is 0 Å². The summed E-state index contributed by atoms with van der Waals surface area (Å²) in [5, 5.41) is 141. The molecule has 0 radical (unpaired) electrons. The Bertz CT molecular complexity index is 2160. The molecular formula is C54H90N6O22S3. The van der Waals surface area contributed by atoms with E-state index in [2.05, 4.69) is 21.3 Å². The van der Waals surface area contributed by atoms with Crippen molar-refractivity contribution in [2.24, 2.45) is 5.73 Å². The van der Waals surface area contributed by atoms with Crippen molar-refractivity contribution in [3.05, 3.63) is 29.8 Å². The summed E-state index contributed by atoms with van der Waals surface area (Å²) in [5.41, 5.74) is 3.78. The number of unbranched alkanes of at least 4 members (excludes halogenated alkanes) is 5. The van der Waals surface area contributed by atoms with E-state index in [4.69, 9.17) is 19.9 Å². The van der Waals surface area contributed by atoms with E-state index in [9.17, 15) is 95.2 Å². The van der Waals surface area contributed by atoms with Crippen molar-refractivity contribution in [1.82, 2.24) is 26.2 Å². The molecule has 3 aliphatic heterocycles. The molecule has 3 aliphatic rings. The van der Waals surface area contributed by atoms with Gasteiger partial charge in [-0.15, -0.1) is 35.3 Å². The number of thioether (sulfide) groups is 3. The maximum Gasteiger partial charge on any atom is 0.245 e. The van der Waals surface area contributed by atoms with Gasteiger partial charge in [0.2, 0.25) is 35.4 Å². The fraction of sp³-hybridized carbons (Fsp3) is 0.778. The second-order valence-corrected chi connectivity index (χ2v) is 24.8. The minimum atomic E-state index is -1.64. The number of primary amides is 1. The minimum Gasteiger partial charge on any atom is -0.508 e. The van der Waals surface area contributed by atoms with Crippen LogP contribution in [-0.2, 0) is 49.4 Å². The van der Waals surface area contributed by atoms with Crippen LogP contribution >= 0.6 is 35.3 Å². The highest BCUT2D eigenvalue weighted by molar-refractivity contribution is 8.00. The molecule has 1 aromatic carbocycles. The quantitative estimate of drug-likeness (QED) is 0.0276. The van der Waals surface area contributed by atoms with Gasteiger partial charge in [0.1, 0.15) is 107 Å². The van der Waals surface area contributed by atoms with Gasteiger partial charge in [-0.05, 0) is 75.5 Å². The molecule has 6 amide bonds. The SMILES string of the molecule is NC(=O)[C@H](CCCCNC(=O)CCS[C@H]1O[C@H](CO)[C@@H](O)[C@H](O)[C@@H]1O)N(CCCCCCNC(=O)CCc1ccc(O)cc1)C(=O)[C@H](CCCCNC(=O)CCS[C@H]1O[C@H](CO)[C@@H](O)[C@H](O)[C@@H]1O)NC(=O)CCS[C@H]1O[C@H](CO)[C@@H](O)[C@H](O)[C@@H]1O. The van der Waals surface area contributed by atoms with Crippen LogP contribution in [0.1, 0.15) is 95.5 Å². The third-order valence-electron chi connectivity index (χ3n) is 14.7. The molecule has 28 nitrogen and oxygen atoms in total. The molecule has 0 aromatic heterocycles. The van der Waals surface area contributed by atoms with E-state index in [1.807, 2.05) is 0 Å². The number of nitrogens with two attached hydrogens (primary N) is 1. The van der Waals surface area contributed by atoms with Crippen molar-refractivity contribution in [2.75, 3.05) is 63.3 Å². The van der Waals surface area contributed by atoms with Gasteiger partial charge in [0, 0.05) is 69.1 Å². The lowest BCUT2D eigenvalue weighted by Gasteiger charge is -2.39. The molecule has 17 atom stereocenters. The predicted molar refractivity (Wildman–Crippen MR) is 311 cm³/mol. The number of hydrogen-bond acceptors (Lipinski definition) is 25. The van der Waals surface area contributed by atoms with Crippen LogP contribution in [0, 0.1) is 0 Å². The van der Waals surface area contributed by atoms with Crippen LogP contribution in [-0.4, -0.2) is 272 Å². The van der Waals surface area contributed by atoms with E-state index in [0.29, 0.717) is 57.9 Å². The van der Waals surface area contributed by atoms with Gasteiger partial charge in [-0.3, -0.25) is 28.8 Å². The number of amides is 6. The summed E-state index contributed by atoms with van der Waals surface area (Å²) in [7, 11) is 0. The number of rotatable bonds is 39. The van der Waals surface area contributed by atoms with Crippen LogP contribution in [0.2, 0.25) is 0 Å². The monoisotopic (exact) mass is 1270 g/mol. The lowest BCUT2D eigenvalue weighted by atomic mass is 10.0. The Morgan fingerprint density at radius 1 is 0.494 bits per heavy atom. The molecule has 0 unspecified atom stereocenters. The van der Waals surface area contributed by atoms with Crippen molar-refractivity contribution in [2.45, 2.75) is 198 Å². The molecule has 0 saturated carbocycles. The molecule has 3 saturated heterocycles. The number of carbonyl (C=O) groups is 6. The van der Waals surface area contributed by atoms with Crippen LogP contribution in [0.15, 0.2) is 24.3 Å². The number of carbonyl (C=O) groups excluding carboxylic acids is 6. The van der Waals surface area contributed by atoms with Crippen LogP contribution in [0.4, 0.5) is 0 Å². The zero-order chi connectivity index (χ0) is 62.6. The summed E-state index contributed by atoms with van der Waals surface area (Å²) >= 11 is 2.98. The second-order valence-electron chi connectivity index (χ2n) is 21.1. The molecule has 3 fully saturated rings. The van der Waals surface area contributed by atoms with E-state index >= 15 is 0 Å². The zero-order valence-electron chi connectivity index (χ0n) is 47.5. The van der Waals surface area contributed by atoms with Crippen LogP contribution in [0.5, 0.6) is 5.75 Å². The van der Waals surface area contributed by atoms with Gasteiger partial charge in [0.25, 0.3) is 0 Å². The number of aliphatic hydroxyl groups excluding tert-OH is 12. The standard InChI is InChI=1S/C54H90N6O22S3/c55-50(78)33(10-4-7-22-58-39(67)18-25-84-53-48(76)45(73)42(70)35(28-62)81-53)60(23-8-2-1-5-20-56-37(65)16-13-30-11-14-31(64)15-12-30)51(79)32(59-40(68)19-26-85-54-49(77)46(74)43(71)36(29-63)82-54)9-3-6-21-57-38(66)17-24-83-52-47(75)44(72)41(69)34(27-61)80-52/h11-12,14-15,32-36,41-49,52-54,61-64,69-77H,1-10,13,16-29H2,(H2,55,78)(H,56,65)(H,57,66)(H,58,67)(H,59,68)/t32-,33-,34+,35+,36+,41+,42+,43+,44-,45-,46-,47-,48-,49-,52+,53+,54+/m0/s1. The number of hydrogen-bond donors (Lipinski definition) is 18. The average molecular weight is 1270 g/mol. The Morgan fingerprint density at radius 2 is 0.882 bits per heavy atom. The van der Waals surface area contributed by atoms with Crippen molar-refractivity contribution >= 4 is 70.7 Å². The van der Waals surface area contributed by atoms with E-state index in [1.165, 1.54) is 4.90 Å². The Labute approximate surface area is 506 Å². The first kappa shape index (κ1) is 73.8. The van der Waals surface area contributed by atoms with Gasteiger partial charge in [0.05, 0.1) is 19.8 Å². The summed E-state index contributed by atoms with van der Waals surface area (Å²) in [6.07, 6.45) is -13.3. The highest BCUT2D eigenvalue weighted by Crippen LogP contribution is 2.32. The maximum absolute atomic E-state index is 14.9. The number of phenolic OH excluding ortho intramolecular Hbond substituents is 1. The van der Waals surface area contributed by atoms with Crippen molar-refractivity contribution in [3.63, 3.8) is 0 Å². The fourth-order valence-corrected chi connectivity index (χ4v) is 12.9. The number of aliphatic hydroxyl groups is 12. The minimum absolute atomic E-state index is 0.00371. The summed E-state index contributed by atoms with van der Waals surface area (Å²) < 4.78 is 16.5. The molecule has 31 heteroatoms. The molecular weight excluding hydrogens is 1180 g/mol. The summed E-state index contributed by atoms with van der Waals surface area (Å²) in [6.45, 7) is -1.11. The van der Waals surface area contributed by atoms with Crippen molar-refractivity contribution in [3.8, 4) is 5.75 Å². The number of ether oxygens (including phenoxy) is 3. The zero-order valence-corrected chi connectivity index (χ0v) is 50.0. The molecule has 85 heavy (non-hydrogen) atoms. The molecule has 19 N–H and O–H groups in total. The van der Waals surface area contributed by atoms with E-state index in [-0.39, 0.29) is 105 Å². The number of aromatic hydroxyl groups is 1. The topological polar surface area (TPSA) is 470 Å². The maximum atomic E-state index is 14.9. The van der Waals surface area contributed by atoms with E-state index in [1.54, 1.807) is 24.3 Å². The van der Waals surface area contributed by atoms with E-state index in [0.717, 1.165) is 40.8 Å². The van der Waals surface area contributed by atoms with Gasteiger partial charge in [-0.1, -0.05) is 25.0 Å². The number of nitrogens with one attached hydrogen (secondary N) is 4. The van der Waals surface area contributed by atoms with Gasteiger partial charge >= 0.3 is 0 Å². The molecule has 0 bridgehead atoms. The Hall–Kier alpha value is -3.71. The number of aryl methyl sites for hydroxylation is 1. The molecule has 0 spiro atoms. The third-order valence-corrected chi connectivity index (χ3v) is 18.2. The predicted octanol–water partition coefficient (Wildman–Crippen LogP) is -4.49. The van der Waals surface area contributed by atoms with E-state index < -0.39 is 139 Å². The largest absolute Gasteiger partial charge is 0.508 e. The molecule has 4 rings (SSSR count). The molecule has 3 heterocycles. The first-order valence-electron chi connectivity index (χ1n) is 28.9.